The molecule has 0 unspecified atom stereocenters. The number of aromatic nitrogens is 2. The van der Waals surface area contributed by atoms with Gasteiger partial charge < -0.3 is 14.6 Å². The molecule has 1 N–H and O–H groups in total. The molecule has 1 aliphatic heterocycles. The molecule has 132 valence electrons. The summed E-state index contributed by atoms with van der Waals surface area (Å²) in [5, 5.41) is 9.37. The van der Waals surface area contributed by atoms with E-state index in [4.69, 9.17) is 0 Å². The molecule has 2 heterocycles. The molecule has 4 rings (SSSR count). The number of likely N-dealkylation sites (tertiary alicyclic amines) is 1. The fourth-order valence-corrected chi connectivity index (χ4v) is 3.73. The second-order valence-electron chi connectivity index (χ2n) is 7.40. The molecule has 1 saturated heterocycles. The molecule has 2 fully saturated rings. The van der Waals surface area contributed by atoms with E-state index in [0.29, 0.717) is 12.3 Å². The van der Waals surface area contributed by atoms with Crippen LogP contribution in [0.1, 0.15) is 43.0 Å². The molecule has 2 aliphatic rings. The average Bonchev–Trinajstić information content (AvgIpc) is 3.32. The van der Waals surface area contributed by atoms with Crippen LogP contribution in [0.5, 0.6) is 5.75 Å². The van der Waals surface area contributed by atoms with Gasteiger partial charge in [0.05, 0.1) is 6.42 Å². The fraction of sp³-hybridized carbons (Fsp3) is 0.500. The van der Waals surface area contributed by atoms with Crippen molar-refractivity contribution in [2.24, 2.45) is 5.92 Å². The minimum absolute atomic E-state index is 0.163. The number of imidazole rings is 1. The first-order valence-corrected chi connectivity index (χ1v) is 9.26. The molecule has 25 heavy (non-hydrogen) atoms. The summed E-state index contributed by atoms with van der Waals surface area (Å²) >= 11 is 0. The van der Waals surface area contributed by atoms with Crippen LogP contribution in [-0.4, -0.2) is 38.6 Å². The smallest absolute Gasteiger partial charge is 0.227 e. The quantitative estimate of drug-likeness (QED) is 0.911. The second kappa shape index (κ2) is 6.90. The molecule has 0 radical (unpaired) electrons. The predicted molar refractivity (Wildman–Crippen MR) is 95.3 cm³/mol. The average molecular weight is 339 g/mol. The maximum atomic E-state index is 12.7. The number of nitrogens with zero attached hydrogens (tertiary/aromatic N) is 3. The molecule has 2 aromatic rings. The van der Waals surface area contributed by atoms with Crippen LogP contribution in [0, 0.1) is 5.92 Å². The van der Waals surface area contributed by atoms with Gasteiger partial charge in [0.25, 0.3) is 0 Å². The number of hydrogen-bond donors (Lipinski definition) is 1. The molecule has 1 aromatic heterocycles. The minimum atomic E-state index is 0.163. The summed E-state index contributed by atoms with van der Waals surface area (Å²) in [5.74, 6) is 2.71. The molecule has 5 heteroatoms. The lowest BCUT2D eigenvalue weighted by Gasteiger charge is -2.33. The van der Waals surface area contributed by atoms with Crippen LogP contribution in [0.4, 0.5) is 0 Å². The topological polar surface area (TPSA) is 58.4 Å². The van der Waals surface area contributed by atoms with Gasteiger partial charge in [-0.3, -0.25) is 4.79 Å². The molecule has 1 aliphatic carbocycles. The van der Waals surface area contributed by atoms with E-state index < -0.39 is 0 Å². The maximum Gasteiger partial charge on any atom is 0.227 e. The number of carbonyl (C=O) groups is 1. The first-order chi connectivity index (χ1) is 12.2. The molecule has 0 spiro atoms. The van der Waals surface area contributed by atoms with E-state index in [9.17, 15) is 9.90 Å². The highest BCUT2D eigenvalue weighted by Crippen LogP contribution is 2.33. The summed E-state index contributed by atoms with van der Waals surface area (Å²) < 4.78 is 2.30. The van der Waals surface area contributed by atoms with Crippen molar-refractivity contribution in [3.05, 3.63) is 48.0 Å². The van der Waals surface area contributed by atoms with Crippen molar-refractivity contribution in [3.63, 3.8) is 0 Å². The third-order valence-electron chi connectivity index (χ3n) is 5.33. The molecule has 1 saturated carbocycles. The molecule has 1 atom stereocenters. The summed E-state index contributed by atoms with van der Waals surface area (Å²) in [7, 11) is 0. The highest BCUT2D eigenvalue weighted by molar-refractivity contribution is 5.79. The van der Waals surface area contributed by atoms with Crippen LogP contribution in [0.2, 0.25) is 0 Å². The lowest BCUT2D eigenvalue weighted by molar-refractivity contribution is -0.131. The Labute approximate surface area is 148 Å². The second-order valence-corrected chi connectivity index (χ2v) is 7.40. The van der Waals surface area contributed by atoms with Gasteiger partial charge in [0.2, 0.25) is 5.91 Å². The number of amides is 1. The van der Waals surface area contributed by atoms with Crippen LogP contribution in [0.3, 0.4) is 0 Å². The summed E-state index contributed by atoms with van der Waals surface area (Å²) in [6.45, 7) is 2.67. The number of phenols is 1. The van der Waals surface area contributed by atoms with E-state index in [0.717, 1.165) is 49.8 Å². The SMILES string of the molecule is O=C(Cc1ccc(O)cc1)N1CCC[C@H](c2nccn2CC2CC2)C1. The number of benzene rings is 1. The van der Waals surface area contributed by atoms with Gasteiger partial charge in [-0.1, -0.05) is 12.1 Å². The lowest BCUT2D eigenvalue weighted by Crippen LogP contribution is -2.40. The number of aromatic hydroxyl groups is 1. The first-order valence-electron chi connectivity index (χ1n) is 9.26. The Morgan fingerprint density at radius 3 is 2.76 bits per heavy atom. The molecule has 1 amide bonds. The van der Waals surface area contributed by atoms with Crippen LogP contribution < -0.4 is 0 Å². The predicted octanol–water partition coefficient (Wildman–Crippen LogP) is 2.95. The van der Waals surface area contributed by atoms with E-state index in [-0.39, 0.29) is 11.7 Å². The Kier molecular flexibility index (Phi) is 4.47. The molecule has 0 bridgehead atoms. The van der Waals surface area contributed by atoms with Gasteiger partial charge >= 0.3 is 0 Å². The highest BCUT2D eigenvalue weighted by atomic mass is 16.3. The molecular formula is C20H25N3O2. The Bertz CT molecular complexity index is 734. The molecular weight excluding hydrogens is 314 g/mol. The lowest BCUT2D eigenvalue weighted by atomic mass is 9.96. The Morgan fingerprint density at radius 2 is 2.00 bits per heavy atom. The van der Waals surface area contributed by atoms with Gasteiger partial charge in [0.1, 0.15) is 11.6 Å². The number of carbonyl (C=O) groups excluding carboxylic acids is 1. The van der Waals surface area contributed by atoms with Crippen LogP contribution >= 0.6 is 0 Å². The van der Waals surface area contributed by atoms with Crippen molar-refractivity contribution < 1.29 is 9.90 Å². The van der Waals surface area contributed by atoms with Gasteiger partial charge in [0, 0.05) is 37.9 Å². The summed E-state index contributed by atoms with van der Waals surface area (Å²) in [4.78, 5) is 19.3. The van der Waals surface area contributed by atoms with E-state index in [2.05, 4.69) is 15.7 Å². The minimum Gasteiger partial charge on any atom is -0.508 e. The Balaban J connectivity index is 1.41. The summed E-state index contributed by atoms with van der Waals surface area (Å²) in [5.41, 5.74) is 0.945. The normalized spacial score (nSPS) is 20.6. The van der Waals surface area contributed by atoms with Crippen molar-refractivity contribution in [2.45, 2.75) is 44.6 Å². The monoisotopic (exact) mass is 339 g/mol. The first kappa shape index (κ1) is 16.2. The van der Waals surface area contributed by atoms with Crippen LogP contribution in [0.25, 0.3) is 0 Å². The van der Waals surface area contributed by atoms with Crippen molar-refractivity contribution in [1.29, 1.82) is 0 Å². The standard InChI is InChI=1S/C20H25N3O2/c24-18-7-5-15(6-8-18)12-19(25)22-10-1-2-17(14-22)20-21-9-11-23(20)13-16-3-4-16/h5-9,11,16-17,24H,1-4,10,12-14H2/t17-/m0/s1. The third kappa shape index (κ3) is 3.86. The summed E-state index contributed by atoms with van der Waals surface area (Å²) in [6, 6.07) is 6.90. The zero-order chi connectivity index (χ0) is 17.2. The highest BCUT2D eigenvalue weighted by Gasteiger charge is 2.29. The van der Waals surface area contributed by atoms with Crippen molar-refractivity contribution in [2.75, 3.05) is 13.1 Å². The van der Waals surface area contributed by atoms with Gasteiger partial charge in [0.15, 0.2) is 0 Å². The van der Waals surface area contributed by atoms with Gasteiger partial charge in [-0.2, -0.15) is 0 Å². The van der Waals surface area contributed by atoms with Crippen molar-refractivity contribution in [1.82, 2.24) is 14.5 Å². The Morgan fingerprint density at radius 1 is 1.20 bits per heavy atom. The van der Waals surface area contributed by atoms with Crippen LogP contribution in [-0.2, 0) is 17.8 Å². The van der Waals surface area contributed by atoms with Gasteiger partial charge in [-0.25, -0.2) is 4.98 Å². The van der Waals surface area contributed by atoms with E-state index in [1.807, 2.05) is 23.2 Å². The summed E-state index contributed by atoms with van der Waals surface area (Å²) in [6.07, 6.45) is 9.18. The fourth-order valence-electron chi connectivity index (χ4n) is 3.73. The zero-order valence-electron chi connectivity index (χ0n) is 14.5. The van der Waals surface area contributed by atoms with Gasteiger partial charge in [-0.15, -0.1) is 0 Å². The van der Waals surface area contributed by atoms with Crippen molar-refractivity contribution in [3.8, 4) is 5.75 Å². The maximum absolute atomic E-state index is 12.7. The van der Waals surface area contributed by atoms with Crippen LogP contribution in [0.15, 0.2) is 36.7 Å². The number of piperidine rings is 1. The van der Waals surface area contributed by atoms with E-state index in [1.165, 1.54) is 12.8 Å². The van der Waals surface area contributed by atoms with E-state index in [1.54, 1.807) is 12.1 Å². The number of phenolic OH excluding ortho intramolecular Hbond substituents is 1. The van der Waals surface area contributed by atoms with Gasteiger partial charge in [-0.05, 0) is 49.3 Å². The largest absolute Gasteiger partial charge is 0.508 e. The van der Waals surface area contributed by atoms with E-state index >= 15 is 0 Å². The molecule has 1 aromatic carbocycles. The third-order valence-corrected chi connectivity index (χ3v) is 5.33. The zero-order valence-corrected chi connectivity index (χ0v) is 14.5. The number of hydrogen-bond acceptors (Lipinski definition) is 3. The van der Waals surface area contributed by atoms with Crippen molar-refractivity contribution >= 4 is 5.91 Å². The Hall–Kier alpha value is -2.30. The molecule has 5 nitrogen and oxygen atoms in total. The number of rotatable bonds is 5.